The smallest absolute Gasteiger partial charge is 0.416 e. The molecular weight excluding hydrogens is 419 g/mol. The molecule has 152 valence electrons. The summed E-state index contributed by atoms with van der Waals surface area (Å²) in [4.78, 5) is 20.0. The summed E-state index contributed by atoms with van der Waals surface area (Å²) in [6, 6.07) is 5.78. The molecular formula is C15H10F3N5O5S. The van der Waals surface area contributed by atoms with E-state index in [1.165, 1.54) is 30.5 Å². The van der Waals surface area contributed by atoms with E-state index < -0.39 is 38.7 Å². The van der Waals surface area contributed by atoms with Crippen molar-refractivity contribution < 1.29 is 27.8 Å². The molecule has 0 fully saturated rings. The van der Waals surface area contributed by atoms with Crippen LogP contribution >= 0.6 is 12.2 Å². The van der Waals surface area contributed by atoms with Gasteiger partial charge in [-0.2, -0.15) is 18.3 Å². The van der Waals surface area contributed by atoms with Gasteiger partial charge in [-0.3, -0.25) is 25.7 Å². The van der Waals surface area contributed by atoms with Crippen molar-refractivity contribution in [1.29, 1.82) is 0 Å². The molecule has 0 aliphatic heterocycles. The van der Waals surface area contributed by atoms with Crippen LogP contribution in [0.15, 0.2) is 41.5 Å². The summed E-state index contributed by atoms with van der Waals surface area (Å²) in [5.41, 5.74) is 4.08. The van der Waals surface area contributed by atoms with Gasteiger partial charge in [0, 0.05) is 12.1 Å². The van der Waals surface area contributed by atoms with Crippen LogP contribution in [-0.2, 0) is 6.18 Å². The third kappa shape index (κ3) is 5.58. The maximum absolute atomic E-state index is 12.9. The highest BCUT2D eigenvalue weighted by atomic mass is 32.1. The second kappa shape index (κ2) is 8.47. The zero-order chi connectivity index (χ0) is 21.8. The summed E-state index contributed by atoms with van der Waals surface area (Å²) in [6.45, 7) is 0. The number of thiocarbonyl (C=S) groups is 1. The Kier molecular flexibility index (Phi) is 6.28. The van der Waals surface area contributed by atoms with Crippen molar-refractivity contribution in [3.05, 3.63) is 67.8 Å². The van der Waals surface area contributed by atoms with Gasteiger partial charge >= 0.3 is 17.6 Å². The SMILES string of the molecule is NC(=S)NN=Cc1ccc(Oc2c([N+](=O)[O-])cc(C(F)(F)F)cc2[N+](=O)[O-])cc1. The van der Waals surface area contributed by atoms with Gasteiger partial charge < -0.3 is 10.5 Å². The van der Waals surface area contributed by atoms with E-state index in [1.54, 1.807) is 0 Å². The number of halogens is 3. The first-order chi connectivity index (χ1) is 13.5. The van der Waals surface area contributed by atoms with Crippen molar-refractivity contribution in [1.82, 2.24) is 5.43 Å². The summed E-state index contributed by atoms with van der Waals surface area (Å²) in [6.07, 6.45) is -3.69. The van der Waals surface area contributed by atoms with Crippen LogP contribution in [0.4, 0.5) is 24.5 Å². The van der Waals surface area contributed by atoms with Crippen LogP contribution in [0.1, 0.15) is 11.1 Å². The maximum atomic E-state index is 12.9. The minimum absolute atomic E-state index is 0.0665. The van der Waals surface area contributed by atoms with Gasteiger partial charge in [0.2, 0.25) is 0 Å². The molecule has 0 bridgehead atoms. The first-order valence-electron chi connectivity index (χ1n) is 7.39. The summed E-state index contributed by atoms with van der Waals surface area (Å²) >= 11 is 4.56. The first kappa shape index (κ1) is 21.5. The third-order valence-corrected chi connectivity index (χ3v) is 3.35. The zero-order valence-corrected chi connectivity index (χ0v) is 14.9. The zero-order valence-electron chi connectivity index (χ0n) is 14.0. The number of nitrogens with one attached hydrogen (secondary N) is 1. The second-order valence-corrected chi connectivity index (χ2v) is 5.70. The molecule has 0 aromatic heterocycles. The second-order valence-electron chi connectivity index (χ2n) is 5.26. The van der Waals surface area contributed by atoms with Crippen LogP contribution in [0.3, 0.4) is 0 Å². The molecule has 0 amide bonds. The average molecular weight is 429 g/mol. The van der Waals surface area contributed by atoms with Gasteiger partial charge in [0.1, 0.15) is 5.75 Å². The summed E-state index contributed by atoms with van der Waals surface area (Å²) in [7, 11) is 0. The molecule has 3 N–H and O–H groups in total. The fourth-order valence-corrected chi connectivity index (χ4v) is 2.10. The van der Waals surface area contributed by atoms with Crippen molar-refractivity contribution in [3.63, 3.8) is 0 Å². The van der Waals surface area contributed by atoms with Gasteiger partial charge in [-0.25, -0.2) is 0 Å². The highest BCUT2D eigenvalue weighted by Crippen LogP contribution is 2.44. The van der Waals surface area contributed by atoms with Crippen molar-refractivity contribution in [2.45, 2.75) is 6.18 Å². The minimum atomic E-state index is -5.02. The van der Waals surface area contributed by atoms with Crippen molar-refractivity contribution in [2.75, 3.05) is 0 Å². The lowest BCUT2D eigenvalue weighted by Crippen LogP contribution is -2.23. The molecule has 29 heavy (non-hydrogen) atoms. The fourth-order valence-electron chi connectivity index (χ4n) is 2.05. The molecule has 0 atom stereocenters. The van der Waals surface area contributed by atoms with Crippen LogP contribution in [0.2, 0.25) is 0 Å². The van der Waals surface area contributed by atoms with E-state index >= 15 is 0 Å². The van der Waals surface area contributed by atoms with E-state index in [0.717, 1.165) is 0 Å². The minimum Gasteiger partial charge on any atom is -0.444 e. The Hall–Kier alpha value is -3.81. The Balaban J connectivity index is 2.43. The maximum Gasteiger partial charge on any atom is 0.416 e. The molecule has 2 aromatic carbocycles. The monoisotopic (exact) mass is 429 g/mol. The average Bonchev–Trinajstić information content (AvgIpc) is 2.61. The van der Waals surface area contributed by atoms with Crippen molar-refractivity contribution in [3.8, 4) is 11.5 Å². The molecule has 0 radical (unpaired) electrons. The molecule has 0 unspecified atom stereocenters. The number of alkyl halides is 3. The Morgan fingerprint density at radius 1 is 1.14 bits per heavy atom. The fraction of sp³-hybridized carbons (Fsp3) is 0.0667. The molecule has 0 saturated carbocycles. The van der Waals surface area contributed by atoms with E-state index in [2.05, 4.69) is 22.7 Å². The Morgan fingerprint density at radius 3 is 2.07 bits per heavy atom. The highest BCUT2D eigenvalue weighted by molar-refractivity contribution is 7.80. The number of benzene rings is 2. The van der Waals surface area contributed by atoms with Gasteiger partial charge in [0.25, 0.3) is 5.75 Å². The lowest BCUT2D eigenvalue weighted by atomic mass is 10.1. The molecule has 2 aromatic rings. The number of rotatable bonds is 6. The molecule has 0 aliphatic carbocycles. The normalized spacial score (nSPS) is 11.3. The molecule has 0 heterocycles. The van der Waals surface area contributed by atoms with E-state index in [4.69, 9.17) is 10.5 Å². The van der Waals surface area contributed by atoms with Gasteiger partial charge in [0.05, 0.1) is 21.6 Å². The van der Waals surface area contributed by atoms with Crippen LogP contribution in [-0.4, -0.2) is 21.2 Å². The predicted molar refractivity (Wildman–Crippen MR) is 98.8 cm³/mol. The van der Waals surface area contributed by atoms with Crippen LogP contribution in [0.25, 0.3) is 0 Å². The van der Waals surface area contributed by atoms with E-state index in [0.29, 0.717) is 5.56 Å². The molecule has 14 heteroatoms. The van der Waals surface area contributed by atoms with Crippen LogP contribution in [0.5, 0.6) is 11.5 Å². The topological polar surface area (TPSA) is 146 Å². The number of hydrogen-bond acceptors (Lipinski definition) is 7. The number of nitrogens with two attached hydrogens (primary N) is 1. The lowest BCUT2D eigenvalue weighted by Gasteiger charge is -2.11. The van der Waals surface area contributed by atoms with Gasteiger partial charge in [-0.1, -0.05) is 0 Å². The summed E-state index contributed by atoms with van der Waals surface area (Å²) in [5, 5.41) is 26.0. The molecule has 2 rings (SSSR count). The van der Waals surface area contributed by atoms with E-state index in [1.807, 2.05) is 0 Å². The van der Waals surface area contributed by atoms with Crippen LogP contribution in [0, 0.1) is 20.2 Å². The first-order valence-corrected chi connectivity index (χ1v) is 7.80. The molecule has 0 spiro atoms. The predicted octanol–water partition coefficient (Wildman–Crippen LogP) is 3.48. The van der Waals surface area contributed by atoms with Gasteiger partial charge in [0.15, 0.2) is 5.11 Å². The third-order valence-electron chi connectivity index (χ3n) is 3.26. The largest absolute Gasteiger partial charge is 0.444 e. The van der Waals surface area contributed by atoms with Gasteiger partial charge in [-0.05, 0) is 42.0 Å². The van der Waals surface area contributed by atoms with E-state index in [-0.39, 0.29) is 23.0 Å². The standard InChI is InChI=1S/C15H10F3N5O5S/c16-15(17,18)9-5-11(22(24)25)13(12(6-9)23(26)27)28-10-3-1-8(2-4-10)7-20-21-14(19)29/h1-7H,(H3,19,21,29). The number of hydrazone groups is 1. The molecule has 0 aliphatic rings. The summed E-state index contributed by atoms with van der Waals surface area (Å²) in [5.74, 6) is -1.01. The van der Waals surface area contributed by atoms with Crippen molar-refractivity contribution in [2.24, 2.45) is 10.8 Å². The van der Waals surface area contributed by atoms with Crippen LogP contribution < -0.4 is 15.9 Å². The molecule has 10 nitrogen and oxygen atoms in total. The number of hydrogen-bond donors (Lipinski definition) is 2. The number of nitrogens with zero attached hydrogens (tertiary/aromatic N) is 3. The summed E-state index contributed by atoms with van der Waals surface area (Å²) < 4.78 is 43.9. The van der Waals surface area contributed by atoms with Gasteiger partial charge in [-0.15, -0.1) is 0 Å². The highest BCUT2D eigenvalue weighted by Gasteiger charge is 2.38. The number of ether oxygens (including phenoxy) is 1. The Labute approximate surface area is 165 Å². The number of nitro benzene ring substituents is 2. The Morgan fingerprint density at radius 2 is 1.66 bits per heavy atom. The van der Waals surface area contributed by atoms with Crippen molar-refractivity contribution >= 4 is 34.9 Å². The lowest BCUT2D eigenvalue weighted by molar-refractivity contribution is -0.396. The molecule has 0 saturated heterocycles. The Bertz CT molecular complexity index is 960. The van der Waals surface area contributed by atoms with E-state index in [9.17, 15) is 33.4 Å². The number of nitro groups is 2. The quantitative estimate of drug-likeness (QED) is 0.307.